The van der Waals surface area contributed by atoms with Crippen LogP contribution in [0.3, 0.4) is 0 Å². The van der Waals surface area contributed by atoms with Crippen molar-refractivity contribution in [1.82, 2.24) is 5.32 Å². The molecule has 0 bridgehead atoms. The van der Waals surface area contributed by atoms with E-state index in [1.54, 1.807) is 0 Å². The summed E-state index contributed by atoms with van der Waals surface area (Å²) in [4.78, 5) is 0. The van der Waals surface area contributed by atoms with Gasteiger partial charge in [0.1, 0.15) is 0 Å². The lowest BCUT2D eigenvalue weighted by molar-refractivity contribution is 0.420. The molecule has 0 saturated carbocycles. The molecule has 0 radical (unpaired) electrons. The molecule has 1 atom stereocenters. The van der Waals surface area contributed by atoms with Crippen LogP contribution in [-0.4, -0.2) is 11.2 Å². The predicted molar refractivity (Wildman–Crippen MR) is 99.3 cm³/mol. The second-order valence-electron chi connectivity index (χ2n) is 6.32. The SMILES string of the molecule is C[C@@H](CC(C)(C)c1ccccc1)NC(=S)Nc1ccccc1. The van der Waals surface area contributed by atoms with E-state index in [2.05, 4.69) is 61.7 Å². The van der Waals surface area contributed by atoms with E-state index in [0.717, 1.165) is 12.1 Å². The Morgan fingerprint density at radius 3 is 2.14 bits per heavy atom. The van der Waals surface area contributed by atoms with Crippen molar-refractivity contribution in [1.29, 1.82) is 0 Å². The normalized spacial score (nSPS) is 12.5. The molecule has 116 valence electrons. The number of hydrogen-bond donors (Lipinski definition) is 2. The van der Waals surface area contributed by atoms with Crippen molar-refractivity contribution < 1.29 is 0 Å². The molecule has 3 heteroatoms. The van der Waals surface area contributed by atoms with Gasteiger partial charge in [0.2, 0.25) is 0 Å². The van der Waals surface area contributed by atoms with E-state index in [9.17, 15) is 0 Å². The van der Waals surface area contributed by atoms with E-state index in [4.69, 9.17) is 12.2 Å². The Labute approximate surface area is 139 Å². The zero-order chi connectivity index (χ0) is 16.0. The van der Waals surface area contributed by atoms with Gasteiger partial charge < -0.3 is 10.6 Å². The van der Waals surface area contributed by atoms with Crippen molar-refractivity contribution in [3.05, 3.63) is 66.2 Å². The fourth-order valence-electron chi connectivity index (χ4n) is 2.74. The van der Waals surface area contributed by atoms with Gasteiger partial charge in [0.15, 0.2) is 5.11 Å². The van der Waals surface area contributed by atoms with Gasteiger partial charge in [-0.1, -0.05) is 62.4 Å². The summed E-state index contributed by atoms with van der Waals surface area (Å²) in [5.74, 6) is 0. The molecule has 0 aliphatic carbocycles. The third kappa shape index (κ3) is 4.85. The molecular weight excluding hydrogens is 288 g/mol. The predicted octanol–water partition coefficient (Wildman–Crippen LogP) is 4.73. The highest BCUT2D eigenvalue weighted by Gasteiger charge is 2.23. The van der Waals surface area contributed by atoms with Crippen LogP contribution in [0.4, 0.5) is 5.69 Å². The zero-order valence-corrected chi connectivity index (χ0v) is 14.3. The first-order valence-corrected chi connectivity index (χ1v) is 8.06. The second-order valence-corrected chi connectivity index (χ2v) is 6.73. The monoisotopic (exact) mass is 312 g/mol. The van der Waals surface area contributed by atoms with E-state index in [1.165, 1.54) is 5.56 Å². The van der Waals surface area contributed by atoms with Crippen LogP contribution in [-0.2, 0) is 5.41 Å². The molecule has 0 spiro atoms. The van der Waals surface area contributed by atoms with Crippen molar-refractivity contribution in [3.8, 4) is 0 Å². The van der Waals surface area contributed by atoms with Crippen LogP contribution in [0.15, 0.2) is 60.7 Å². The minimum atomic E-state index is 0.107. The summed E-state index contributed by atoms with van der Waals surface area (Å²) < 4.78 is 0. The molecule has 0 amide bonds. The Kier molecular flexibility index (Phi) is 5.56. The summed E-state index contributed by atoms with van der Waals surface area (Å²) >= 11 is 5.40. The Balaban J connectivity index is 1.89. The average Bonchev–Trinajstić information content (AvgIpc) is 2.48. The number of thiocarbonyl (C=S) groups is 1. The molecule has 0 heterocycles. The van der Waals surface area contributed by atoms with Crippen LogP contribution in [0.1, 0.15) is 32.8 Å². The van der Waals surface area contributed by atoms with Crippen molar-refractivity contribution in [2.24, 2.45) is 0 Å². The first-order chi connectivity index (χ1) is 10.5. The van der Waals surface area contributed by atoms with Gasteiger partial charge in [0.25, 0.3) is 0 Å². The maximum Gasteiger partial charge on any atom is 0.170 e. The Bertz CT molecular complexity index is 593. The van der Waals surface area contributed by atoms with Gasteiger partial charge in [-0.25, -0.2) is 0 Å². The van der Waals surface area contributed by atoms with Crippen LogP contribution in [0.25, 0.3) is 0 Å². The van der Waals surface area contributed by atoms with Crippen molar-refractivity contribution in [2.45, 2.75) is 38.6 Å². The number of rotatable bonds is 5. The molecule has 2 aromatic rings. The summed E-state index contributed by atoms with van der Waals surface area (Å²) in [6.07, 6.45) is 1.01. The maximum atomic E-state index is 5.40. The van der Waals surface area contributed by atoms with E-state index in [0.29, 0.717) is 11.2 Å². The quantitative estimate of drug-likeness (QED) is 0.781. The van der Waals surface area contributed by atoms with Gasteiger partial charge in [0.05, 0.1) is 0 Å². The van der Waals surface area contributed by atoms with E-state index >= 15 is 0 Å². The highest BCUT2D eigenvalue weighted by molar-refractivity contribution is 7.80. The summed E-state index contributed by atoms with van der Waals surface area (Å²) in [5, 5.41) is 7.26. The van der Waals surface area contributed by atoms with Crippen LogP contribution in [0.5, 0.6) is 0 Å². The summed E-state index contributed by atoms with van der Waals surface area (Å²) in [6.45, 7) is 6.71. The van der Waals surface area contributed by atoms with Gasteiger partial charge in [-0.15, -0.1) is 0 Å². The van der Waals surface area contributed by atoms with E-state index in [-0.39, 0.29) is 5.41 Å². The third-order valence-corrected chi connectivity index (χ3v) is 4.00. The van der Waals surface area contributed by atoms with Crippen molar-refractivity contribution >= 4 is 23.0 Å². The largest absolute Gasteiger partial charge is 0.360 e. The zero-order valence-electron chi connectivity index (χ0n) is 13.5. The molecule has 0 aliphatic heterocycles. The lowest BCUT2D eigenvalue weighted by atomic mass is 9.79. The van der Waals surface area contributed by atoms with Crippen LogP contribution < -0.4 is 10.6 Å². The van der Waals surface area contributed by atoms with Gasteiger partial charge in [0, 0.05) is 11.7 Å². The molecule has 0 unspecified atom stereocenters. The lowest BCUT2D eigenvalue weighted by Gasteiger charge is -2.29. The van der Waals surface area contributed by atoms with Crippen LogP contribution in [0, 0.1) is 0 Å². The van der Waals surface area contributed by atoms with Gasteiger partial charge in [-0.2, -0.15) is 0 Å². The summed E-state index contributed by atoms with van der Waals surface area (Å²) in [5.41, 5.74) is 2.47. The second kappa shape index (κ2) is 7.41. The van der Waals surface area contributed by atoms with Crippen LogP contribution in [0.2, 0.25) is 0 Å². The van der Waals surface area contributed by atoms with Gasteiger partial charge in [-0.05, 0) is 48.7 Å². The Hall–Kier alpha value is -1.87. The van der Waals surface area contributed by atoms with E-state index < -0.39 is 0 Å². The number of hydrogen-bond acceptors (Lipinski definition) is 1. The molecule has 0 aromatic heterocycles. The van der Waals surface area contributed by atoms with Crippen LogP contribution >= 0.6 is 12.2 Å². The maximum absolute atomic E-state index is 5.40. The fraction of sp³-hybridized carbons (Fsp3) is 0.316. The molecule has 0 fully saturated rings. The average molecular weight is 312 g/mol. The molecule has 2 rings (SSSR count). The van der Waals surface area contributed by atoms with E-state index in [1.807, 2.05) is 30.3 Å². The molecule has 0 aliphatic rings. The standard InChI is InChI=1S/C19H24N2S/c1-15(14-19(2,3)16-10-6-4-7-11-16)20-18(22)21-17-12-8-5-9-13-17/h4-13,15H,14H2,1-3H3,(H2,20,21,22)/t15-/m0/s1. The molecular formula is C19H24N2S. The molecule has 0 saturated heterocycles. The summed E-state index contributed by atoms with van der Waals surface area (Å²) in [6, 6.07) is 20.9. The fourth-order valence-corrected chi connectivity index (χ4v) is 3.06. The number of para-hydroxylation sites is 1. The smallest absolute Gasteiger partial charge is 0.170 e. The van der Waals surface area contributed by atoms with Gasteiger partial charge in [-0.3, -0.25) is 0 Å². The first kappa shape index (κ1) is 16.5. The number of nitrogens with one attached hydrogen (secondary N) is 2. The first-order valence-electron chi connectivity index (χ1n) is 7.65. The Morgan fingerprint density at radius 1 is 1.00 bits per heavy atom. The number of anilines is 1. The Morgan fingerprint density at radius 2 is 1.55 bits per heavy atom. The topological polar surface area (TPSA) is 24.1 Å². The highest BCUT2D eigenvalue weighted by Crippen LogP contribution is 2.28. The number of benzene rings is 2. The lowest BCUT2D eigenvalue weighted by Crippen LogP contribution is -2.39. The summed E-state index contributed by atoms with van der Waals surface area (Å²) in [7, 11) is 0. The molecule has 2 N–H and O–H groups in total. The van der Waals surface area contributed by atoms with Gasteiger partial charge >= 0.3 is 0 Å². The minimum Gasteiger partial charge on any atom is -0.360 e. The third-order valence-electron chi connectivity index (χ3n) is 3.78. The molecule has 22 heavy (non-hydrogen) atoms. The van der Waals surface area contributed by atoms with Crippen molar-refractivity contribution in [2.75, 3.05) is 5.32 Å². The molecule has 2 aromatic carbocycles. The van der Waals surface area contributed by atoms with Crippen molar-refractivity contribution in [3.63, 3.8) is 0 Å². The molecule has 2 nitrogen and oxygen atoms in total. The minimum absolute atomic E-state index is 0.107. The highest BCUT2D eigenvalue weighted by atomic mass is 32.1.